The second-order valence-electron chi connectivity index (χ2n) is 2.99. The van der Waals surface area contributed by atoms with E-state index in [2.05, 4.69) is 4.74 Å². The molecule has 17 heavy (non-hydrogen) atoms. The smallest absolute Gasteiger partial charge is 0.420 e. The van der Waals surface area contributed by atoms with Crippen LogP contribution >= 0.6 is 0 Å². The van der Waals surface area contributed by atoms with E-state index >= 15 is 0 Å². The summed E-state index contributed by atoms with van der Waals surface area (Å²) in [6, 6.07) is 2.64. The molecule has 0 spiro atoms. The van der Waals surface area contributed by atoms with E-state index in [1.807, 2.05) is 0 Å². The topological polar surface area (TPSA) is 70.3 Å². The van der Waals surface area contributed by atoms with E-state index in [4.69, 9.17) is 5.26 Å². The Morgan fingerprint density at radius 1 is 1.47 bits per heavy atom. The molecule has 0 aromatic heterocycles. The van der Waals surface area contributed by atoms with E-state index in [0.29, 0.717) is 6.07 Å². The van der Waals surface area contributed by atoms with Gasteiger partial charge in [0, 0.05) is 0 Å². The van der Waals surface area contributed by atoms with Crippen molar-refractivity contribution in [1.82, 2.24) is 0 Å². The van der Waals surface area contributed by atoms with Gasteiger partial charge in [0.25, 0.3) is 0 Å². The number of phenols is 1. The van der Waals surface area contributed by atoms with Crippen molar-refractivity contribution < 1.29 is 27.8 Å². The third-order valence-electron chi connectivity index (χ3n) is 2.00. The molecule has 0 radical (unpaired) electrons. The fraction of sp³-hybridized carbons (Fsp3) is 0.200. The lowest BCUT2D eigenvalue weighted by atomic mass is 10.0. The van der Waals surface area contributed by atoms with Gasteiger partial charge in [0.1, 0.15) is 17.4 Å². The molecule has 1 aromatic carbocycles. The standard InChI is InChI=1S/C10H6F3NO3/c1-17-9(16)5-2-3-7(10(11,12)13)8(15)6(5)4-14/h2-3,15H,1H3. The monoisotopic (exact) mass is 245 g/mol. The van der Waals surface area contributed by atoms with Crippen molar-refractivity contribution in [2.45, 2.75) is 6.18 Å². The number of nitriles is 1. The summed E-state index contributed by atoms with van der Waals surface area (Å²) in [5.74, 6) is -2.27. The van der Waals surface area contributed by atoms with Crippen LogP contribution in [0.15, 0.2) is 12.1 Å². The van der Waals surface area contributed by atoms with Crippen LogP contribution in [0, 0.1) is 11.3 Å². The number of rotatable bonds is 1. The van der Waals surface area contributed by atoms with Crippen LogP contribution in [0.4, 0.5) is 13.2 Å². The zero-order valence-electron chi connectivity index (χ0n) is 8.50. The number of methoxy groups -OCH3 is 1. The molecule has 4 nitrogen and oxygen atoms in total. The largest absolute Gasteiger partial charge is 0.506 e. The Morgan fingerprint density at radius 2 is 2.06 bits per heavy atom. The Hall–Kier alpha value is -2.23. The van der Waals surface area contributed by atoms with Crippen LogP contribution in [-0.4, -0.2) is 18.2 Å². The second-order valence-corrected chi connectivity index (χ2v) is 2.99. The first-order valence-electron chi connectivity index (χ1n) is 4.24. The summed E-state index contributed by atoms with van der Waals surface area (Å²) in [5, 5.41) is 17.9. The average molecular weight is 245 g/mol. The van der Waals surface area contributed by atoms with Gasteiger partial charge in [0.15, 0.2) is 0 Å². The molecular formula is C10H6F3NO3. The molecule has 0 bridgehead atoms. The third kappa shape index (κ3) is 2.30. The van der Waals surface area contributed by atoms with Crippen molar-refractivity contribution >= 4 is 5.97 Å². The van der Waals surface area contributed by atoms with Gasteiger partial charge >= 0.3 is 12.1 Å². The summed E-state index contributed by atoms with van der Waals surface area (Å²) in [5.41, 5.74) is -2.55. The number of hydrogen-bond donors (Lipinski definition) is 1. The minimum absolute atomic E-state index is 0.416. The van der Waals surface area contributed by atoms with Crippen LogP contribution in [0.5, 0.6) is 5.75 Å². The van der Waals surface area contributed by atoms with E-state index in [1.54, 1.807) is 0 Å². The minimum Gasteiger partial charge on any atom is -0.506 e. The van der Waals surface area contributed by atoms with Crippen molar-refractivity contribution in [2.75, 3.05) is 7.11 Å². The summed E-state index contributed by atoms with van der Waals surface area (Å²) in [6.07, 6.45) is -4.80. The van der Waals surface area contributed by atoms with Crippen LogP contribution < -0.4 is 0 Å². The number of aromatic hydroxyl groups is 1. The van der Waals surface area contributed by atoms with Crippen LogP contribution in [0.1, 0.15) is 21.5 Å². The first-order chi connectivity index (χ1) is 7.82. The minimum atomic E-state index is -4.80. The maximum absolute atomic E-state index is 12.4. The number of esters is 1. The van der Waals surface area contributed by atoms with E-state index < -0.39 is 34.6 Å². The molecule has 1 aromatic rings. The van der Waals surface area contributed by atoms with Gasteiger partial charge in [0.2, 0.25) is 0 Å². The van der Waals surface area contributed by atoms with Crippen molar-refractivity contribution in [3.8, 4) is 11.8 Å². The van der Waals surface area contributed by atoms with Crippen LogP contribution in [0.25, 0.3) is 0 Å². The van der Waals surface area contributed by atoms with Crippen LogP contribution in [-0.2, 0) is 10.9 Å². The highest BCUT2D eigenvalue weighted by Gasteiger charge is 2.36. The number of alkyl halides is 3. The second kappa shape index (κ2) is 4.33. The molecule has 0 aliphatic heterocycles. The quantitative estimate of drug-likeness (QED) is 0.769. The summed E-state index contributed by atoms with van der Waals surface area (Å²) < 4.78 is 41.5. The fourth-order valence-corrected chi connectivity index (χ4v) is 1.21. The molecule has 0 heterocycles. The number of carbonyl (C=O) groups is 1. The zero-order valence-corrected chi connectivity index (χ0v) is 8.50. The molecule has 0 aliphatic rings. The molecular weight excluding hydrogens is 239 g/mol. The first-order valence-corrected chi connectivity index (χ1v) is 4.24. The van der Waals surface area contributed by atoms with E-state index in [9.17, 15) is 23.1 Å². The number of phenolic OH excluding ortho intramolecular Hbond substituents is 1. The predicted octanol–water partition coefficient (Wildman–Crippen LogP) is 2.07. The lowest BCUT2D eigenvalue weighted by Crippen LogP contribution is -2.10. The zero-order chi connectivity index (χ0) is 13.2. The van der Waals surface area contributed by atoms with Gasteiger partial charge in [-0.2, -0.15) is 18.4 Å². The molecule has 0 atom stereocenters. The summed E-state index contributed by atoms with van der Waals surface area (Å²) >= 11 is 0. The Labute approximate surface area is 93.8 Å². The number of carbonyl (C=O) groups excluding carboxylic acids is 1. The Balaban J connectivity index is 3.50. The third-order valence-corrected chi connectivity index (χ3v) is 2.00. The fourth-order valence-electron chi connectivity index (χ4n) is 1.21. The molecule has 0 aliphatic carbocycles. The van der Waals surface area contributed by atoms with Crippen molar-refractivity contribution in [3.63, 3.8) is 0 Å². The maximum Gasteiger partial charge on any atom is 0.420 e. The normalized spacial score (nSPS) is 10.8. The molecule has 0 saturated heterocycles. The predicted molar refractivity (Wildman–Crippen MR) is 49.2 cm³/mol. The molecule has 0 unspecified atom stereocenters. The number of hydrogen-bond acceptors (Lipinski definition) is 4. The van der Waals surface area contributed by atoms with Gasteiger partial charge in [0.05, 0.1) is 18.2 Å². The van der Waals surface area contributed by atoms with E-state index in [-0.39, 0.29) is 0 Å². The van der Waals surface area contributed by atoms with Crippen LogP contribution in [0.3, 0.4) is 0 Å². The molecule has 1 rings (SSSR count). The van der Waals surface area contributed by atoms with Gasteiger partial charge in [-0.05, 0) is 12.1 Å². The summed E-state index contributed by atoms with van der Waals surface area (Å²) in [6.45, 7) is 0. The highest BCUT2D eigenvalue weighted by atomic mass is 19.4. The molecule has 0 fully saturated rings. The van der Waals surface area contributed by atoms with E-state index in [1.165, 1.54) is 6.07 Å². The summed E-state index contributed by atoms with van der Waals surface area (Å²) in [4.78, 5) is 11.1. The Bertz CT molecular complexity index is 503. The average Bonchev–Trinajstić information content (AvgIpc) is 2.25. The highest BCUT2D eigenvalue weighted by molar-refractivity contribution is 5.93. The highest BCUT2D eigenvalue weighted by Crippen LogP contribution is 2.38. The lowest BCUT2D eigenvalue weighted by Gasteiger charge is -2.11. The molecule has 0 saturated carbocycles. The first kappa shape index (κ1) is 12.8. The van der Waals surface area contributed by atoms with Gasteiger partial charge in [-0.15, -0.1) is 0 Å². The molecule has 90 valence electrons. The number of benzene rings is 1. The molecule has 1 N–H and O–H groups in total. The van der Waals surface area contributed by atoms with Crippen molar-refractivity contribution in [1.29, 1.82) is 5.26 Å². The van der Waals surface area contributed by atoms with E-state index in [0.717, 1.165) is 13.2 Å². The number of halogens is 3. The van der Waals surface area contributed by atoms with Gasteiger partial charge in [-0.3, -0.25) is 0 Å². The lowest BCUT2D eigenvalue weighted by molar-refractivity contribution is -0.138. The Kier molecular flexibility index (Phi) is 3.27. The molecule has 7 heteroatoms. The van der Waals surface area contributed by atoms with Gasteiger partial charge in [-0.1, -0.05) is 0 Å². The van der Waals surface area contributed by atoms with Gasteiger partial charge in [-0.25, -0.2) is 4.79 Å². The van der Waals surface area contributed by atoms with Crippen molar-refractivity contribution in [3.05, 3.63) is 28.8 Å². The van der Waals surface area contributed by atoms with Gasteiger partial charge < -0.3 is 9.84 Å². The summed E-state index contributed by atoms with van der Waals surface area (Å²) in [7, 11) is 1.01. The Morgan fingerprint density at radius 3 is 2.47 bits per heavy atom. The SMILES string of the molecule is COC(=O)c1ccc(C(F)(F)F)c(O)c1C#N. The molecule has 0 amide bonds. The maximum atomic E-state index is 12.4. The number of ether oxygens (including phenoxy) is 1. The van der Waals surface area contributed by atoms with Crippen LogP contribution in [0.2, 0.25) is 0 Å². The number of nitrogens with zero attached hydrogens (tertiary/aromatic N) is 1. The van der Waals surface area contributed by atoms with Crippen molar-refractivity contribution in [2.24, 2.45) is 0 Å².